The van der Waals surface area contributed by atoms with E-state index in [1.807, 2.05) is 6.07 Å². The number of nitrogens with zero attached hydrogens (tertiary/aromatic N) is 1. The van der Waals surface area contributed by atoms with E-state index in [1.54, 1.807) is 0 Å². The van der Waals surface area contributed by atoms with Gasteiger partial charge in [0.25, 0.3) is 0 Å². The second-order valence-electron chi connectivity index (χ2n) is 6.50. The number of aliphatic hydroxyl groups excluding tert-OH is 2. The first-order chi connectivity index (χ1) is 10.2. The summed E-state index contributed by atoms with van der Waals surface area (Å²) in [6.07, 6.45) is 3.45. The molecule has 4 unspecified atom stereocenters. The first-order valence-electron chi connectivity index (χ1n) is 7.90. The molecule has 1 aliphatic carbocycles. The van der Waals surface area contributed by atoms with Crippen molar-refractivity contribution in [3.63, 3.8) is 0 Å². The topological polar surface area (TPSA) is 43.7 Å². The Morgan fingerprint density at radius 3 is 2.48 bits per heavy atom. The largest absolute Gasteiger partial charge is 0.396 e. The first kappa shape index (κ1) is 14.8. The molecule has 1 aromatic rings. The predicted molar refractivity (Wildman–Crippen MR) is 84.0 cm³/mol. The Labute approximate surface area is 126 Å². The summed E-state index contributed by atoms with van der Waals surface area (Å²) in [5.74, 6) is 0.942. The standard InChI is InChI=1S/C18H25NO2/c1-19-8-7-15-14(10-19)9-16(13-5-3-2-4-6-13)18(12-21)17(15)11-20/h2-6,9,15-18,20-21H,7-8,10-12H2,1H3. The highest BCUT2D eigenvalue weighted by atomic mass is 16.3. The molecule has 0 aromatic heterocycles. The van der Waals surface area contributed by atoms with E-state index in [4.69, 9.17) is 0 Å². The molecular formula is C18H25NO2. The van der Waals surface area contributed by atoms with Crippen molar-refractivity contribution in [2.24, 2.45) is 17.8 Å². The van der Waals surface area contributed by atoms with Crippen molar-refractivity contribution < 1.29 is 10.2 Å². The van der Waals surface area contributed by atoms with E-state index in [0.717, 1.165) is 19.5 Å². The van der Waals surface area contributed by atoms with Crippen LogP contribution in [0.15, 0.2) is 42.0 Å². The average molecular weight is 287 g/mol. The molecule has 0 amide bonds. The molecule has 21 heavy (non-hydrogen) atoms. The second-order valence-corrected chi connectivity index (χ2v) is 6.50. The lowest BCUT2D eigenvalue weighted by Gasteiger charge is -2.45. The van der Waals surface area contributed by atoms with E-state index in [0.29, 0.717) is 5.92 Å². The number of hydrogen-bond donors (Lipinski definition) is 2. The van der Waals surface area contributed by atoms with Gasteiger partial charge in [0.2, 0.25) is 0 Å². The van der Waals surface area contributed by atoms with Crippen LogP contribution in [0.1, 0.15) is 17.9 Å². The maximum absolute atomic E-state index is 9.92. The lowest BCUT2D eigenvalue weighted by Crippen LogP contribution is -2.44. The van der Waals surface area contributed by atoms with E-state index < -0.39 is 0 Å². The van der Waals surface area contributed by atoms with Gasteiger partial charge >= 0.3 is 0 Å². The summed E-state index contributed by atoms with van der Waals surface area (Å²) >= 11 is 0. The molecule has 1 fully saturated rings. The zero-order chi connectivity index (χ0) is 14.8. The fourth-order valence-corrected chi connectivity index (χ4v) is 4.17. The van der Waals surface area contributed by atoms with Gasteiger partial charge in [0.05, 0.1) is 0 Å². The minimum absolute atomic E-state index is 0.120. The maximum atomic E-state index is 9.92. The predicted octanol–water partition coefficient (Wildman–Crippen LogP) is 1.88. The number of benzene rings is 1. The molecule has 4 atom stereocenters. The summed E-state index contributed by atoms with van der Waals surface area (Å²) in [5.41, 5.74) is 2.69. The molecule has 0 bridgehead atoms. The number of allylic oxidation sites excluding steroid dienone is 1. The first-order valence-corrected chi connectivity index (χ1v) is 7.90. The number of aliphatic hydroxyl groups is 2. The summed E-state index contributed by atoms with van der Waals surface area (Å²) in [4.78, 5) is 2.35. The van der Waals surface area contributed by atoms with Crippen LogP contribution in [0.4, 0.5) is 0 Å². The molecule has 0 spiro atoms. The number of rotatable bonds is 3. The van der Waals surface area contributed by atoms with Gasteiger partial charge in [-0.1, -0.05) is 42.0 Å². The lowest BCUT2D eigenvalue weighted by molar-refractivity contribution is 0.0562. The van der Waals surface area contributed by atoms with Crippen LogP contribution in [0, 0.1) is 17.8 Å². The van der Waals surface area contributed by atoms with E-state index in [1.165, 1.54) is 11.1 Å². The van der Waals surface area contributed by atoms with Gasteiger partial charge in [-0.3, -0.25) is 0 Å². The smallest absolute Gasteiger partial charge is 0.0471 e. The van der Waals surface area contributed by atoms with Crippen LogP contribution in [0.3, 0.4) is 0 Å². The number of piperidine rings is 1. The van der Waals surface area contributed by atoms with Crippen molar-refractivity contribution in [3.05, 3.63) is 47.5 Å². The van der Waals surface area contributed by atoms with Gasteiger partial charge in [-0.2, -0.15) is 0 Å². The van der Waals surface area contributed by atoms with Gasteiger partial charge in [-0.15, -0.1) is 0 Å². The Hall–Kier alpha value is -1.16. The highest BCUT2D eigenvalue weighted by molar-refractivity contribution is 5.32. The summed E-state index contributed by atoms with van der Waals surface area (Å²) < 4.78 is 0. The van der Waals surface area contributed by atoms with Crippen LogP contribution < -0.4 is 0 Å². The molecule has 1 saturated heterocycles. The molecule has 2 aliphatic rings. The van der Waals surface area contributed by atoms with Crippen molar-refractivity contribution in [1.29, 1.82) is 0 Å². The van der Waals surface area contributed by atoms with E-state index in [2.05, 4.69) is 42.3 Å². The summed E-state index contributed by atoms with van der Waals surface area (Å²) in [5, 5.41) is 19.8. The molecule has 0 saturated carbocycles. The van der Waals surface area contributed by atoms with E-state index in [9.17, 15) is 10.2 Å². The van der Waals surface area contributed by atoms with E-state index >= 15 is 0 Å². The monoisotopic (exact) mass is 287 g/mol. The van der Waals surface area contributed by atoms with Crippen LogP contribution in [0.2, 0.25) is 0 Å². The molecule has 1 aliphatic heterocycles. The summed E-state index contributed by atoms with van der Waals surface area (Å²) in [6.45, 7) is 2.37. The van der Waals surface area contributed by atoms with Crippen LogP contribution in [0.25, 0.3) is 0 Å². The Bertz CT molecular complexity index is 499. The van der Waals surface area contributed by atoms with Crippen molar-refractivity contribution >= 4 is 0 Å². The van der Waals surface area contributed by atoms with Gasteiger partial charge in [0, 0.05) is 25.7 Å². The number of likely N-dealkylation sites (tertiary alicyclic amines) is 1. The highest BCUT2D eigenvalue weighted by Gasteiger charge is 2.41. The Kier molecular flexibility index (Phi) is 4.43. The lowest BCUT2D eigenvalue weighted by atomic mass is 9.64. The molecule has 114 valence electrons. The fourth-order valence-electron chi connectivity index (χ4n) is 4.17. The fraction of sp³-hybridized carbons (Fsp3) is 0.556. The van der Waals surface area contributed by atoms with Crippen LogP contribution in [0.5, 0.6) is 0 Å². The third-order valence-corrected chi connectivity index (χ3v) is 5.28. The van der Waals surface area contributed by atoms with Gasteiger partial charge in [0.1, 0.15) is 0 Å². The van der Waals surface area contributed by atoms with Crippen LogP contribution in [-0.4, -0.2) is 48.5 Å². The van der Waals surface area contributed by atoms with E-state index in [-0.39, 0.29) is 31.0 Å². The van der Waals surface area contributed by atoms with Crippen LogP contribution >= 0.6 is 0 Å². The third-order valence-electron chi connectivity index (χ3n) is 5.28. The normalized spacial score (nSPS) is 33.4. The number of likely N-dealkylation sites (N-methyl/N-ethyl adjacent to an activating group) is 1. The SMILES string of the molecule is CN1CCC2C(=CC(c3ccccc3)C(CO)C2CO)C1. The van der Waals surface area contributed by atoms with Crippen molar-refractivity contribution in [1.82, 2.24) is 4.90 Å². The zero-order valence-electron chi connectivity index (χ0n) is 12.7. The molecule has 0 radical (unpaired) electrons. The van der Waals surface area contributed by atoms with Gasteiger partial charge in [-0.25, -0.2) is 0 Å². The Morgan fingerprint density at radius 2 is 1.81 bits per heavy atom. The van der Waals surface area contributed by atoms with Gasteiger partial charge in [-0.05, 0) is 43.3 Å². The molecular weight excluding hydrogens is 262 g/mol. The minimum Gasteiger partial charge on any atom is -0.396 e. The van der Waals surface area contributed by atoms with Gasteiger partial charge < -0.3 is 15.1 Å². The third kappa shape index (κ3) is 2.78. The van der Waals surface area contributed by atoms with Crippen molar-refractivity contribution in [3.8, 4) is 0 Å². The van der Waals surface area contributed by atoms with Crippen molar-refractivity contribution in [2.75, 3.05) is 33.4 Å². The molecule has 2 N–H and O–H groups in total. The second kappa shape index (κ2) is 6.30. The average Bonchev–Trinajstić information content (AvgIpc) is 2.53. The maximum Gasteiger partial charge on any atom is 0.0471 e. The van der Waals surface area contributed by atoms with Gasteiger partial charge in [0.15, 0.2) is 0 Å². The molecule has 1 heterocycles. The molecule has 3 nitrogen and oxygen atoms in total. The quantitative estimate of drug-likeness (QED) is 0.834. The molecule has 3 rings (SSSR count). The Balaban J connectivity index is 1.99. The number of hydrogen-bond acceptors (Lipinski definition) is 3. The van der Waals surface area contributed by atoms with Crippen molar-refractivity contribution in [2.45, 2.75) is 12.3 Å². The summed E-state index contributed by atoms with van der Waals surface area (Å²) in [7, 11) is 2.15. The molecule has 1 aromatic carbocycles. The molecule has 3 heteroatoms. The minimum atomic E-state index is 0.120. The number of fused-ring (bicyclic) bond motifs is 1. The highest BCUT2D eigenvalue weighted by Crippen LogP contribution is 2.45. The Morgan fingerprint density at radius 1 is 1.10 bits per heavy atom. The summed E-state index contributed by atoms with van der Waals surface area (Å²) in [6, 6.07) is 10.4. The van der Waals surface area contributed by atoms with Crippen LogP contribution in [-0.2, 0) is 0 Å². The zero-order valence-corrected chi connectivity index (χ0v) is 12.7.